The van der Waals surface area contributed by atoms with Gasteiger partial charge < -0.3 is 11.1 Å². The van der Waals surface area contributed by atoms with Crippen molar-refractivity contribution in [2.45, 2.75) is 6.04 Å². The summed E-state index contributed by atoms with van der Waals surface area (Å²) < 4.78 is 23.9. The number of amides is 2. The predicted molar refractivity (Wildman–Crippen MR) is 98.1 cm³/mol. The van der Waals surface area contributed by atoms with E-state index in [1.54, 1.807) is 4.90 Å². The first-order valence-electron chi connectivity index (χ1n) is 8.16. The van der Waals surface area contributed by atoms with Crippen LogP contribution in [0.5, 0.6) is 0 Å². The van der Waals surface area contributed by atoms with Crippen LogP contribution in [0.15, 0.2) is 48.5 Å². The van der Waals surface area contributed by atoms with E-state index in [0.717, 1.165) is 11.1 Å². The Labute approximate surface area is 146 Å². The summed E-state index contributed by atoms with van der Waals surface area (Å²) in [5.41, 5.74) is 9.18. The van der Waals surface area contributed by atoms with Crippen LogP contribution < -0.4 is 16.0 Å². The molecule has 2 aromatic carbocycles. The van der Waals surface area contributed by atoms with E-state index in [4.69, 9.17) is 5.73 Å². The second-order valence-corrected chi connectivity index (χ2v) is 8.78. The third kappa shape index (κ3) is 2.95. The molecule has 130 valence electrons. The summed E-state index contributed by atoms with van der Waals surface area (Å²) in [5, 5.41) is 2.80. The summed E-state index contributed by atoms with van der Waals surface area (Å²) in [4.78, 5) is 13.9. The van der Waals surface area contributed by atoms with Crippen LogP contribution in [0.4, 0.5) is 16.2 Å². The Kier molecular flexibility index (Phi) is 3.68. The van der Waals surface area contributed by atoms with Gasteiger partial charge in [-0.2, -0.15) is 0 Å². The van der Waals surface area contributed by atoms with Crippen molar-refractivity contribution in [3.05, 3.63) is 48.5 Å². The molecule has 25 heavy (non-hydrogen) atoms. The van der Waals surface area contributed by atoms with Crippen molar-refractivity contribution in [2.24, 2.45) is 5.92 Å². The number of nitrogens with zero attached hydrogens (tertiary/aromatic N) is 1. The number of fused-ring (bicyclic) bond motifs is 1. The maximum atomic E-state index is 12.3. The number of hydrogen-bond donors (Lipinski definition) is 2. The van der Waals surface area contributed by atoms with Crippen LogP contribution in [0.2, 0.25) is 0 Å². The van der Waals surface area contributed by atoms with Gasteiger partial charge in [0.1, 0.15) is 0 Å². The zero-order chi connectivity index (χ0) is 17.6. The van der Waals surface area contributed by atoms with Gasteiger partial charge in [-0.05, 0) is 35.4 Å². The van der Waals surface area contributed by atoms with Gasteiger partial charge in [0.15, 0.2) is 9.84 Å². The number of nitrogens with two attached hydrogens (primary N) is 1. The van der Waals surface area contributed by atoms with Gasteiger partial charge in [0.05, 0.1) is 17.5 Å². The first kappa shape index (κ1) is 16.0. The second-order valence-electron chi connectivity index (χ2n) is 6.63. The highest BCUT2D eigenvalue weighted by Crippen LogP contribution is 2.32. The van der Waals surface area contributed by atoms with Crippen LogP contribution in [-0.4, -0.2) is 38.5 Å². The van der Waals surface area contributed by atoms with E-state index >= 15 is 0 Å². The highest BCUT2D eigenvalue weighted by atomic mass is 32.2. The molecule has 0 bridgehead atoms. The molecular weight excluding hydrogens is 338 g/mol. The van der Waals surface area contributed by atoms with Gasteiger partial charge >= 0.3 is 6.03 Å². The van der Waals surface area contributed by atoms with Crippen molar-refractivity contribution in [3.63, 3.8) is 0 Å². The van der Waals surface area contributed by atoms with Crippen molar-refractivity contribution in [1.29, 1.82) is 0 Å². The van der Waals surface area contributed by atoms with Crippen LogP contribution in [0.3, 0.4) is 0 Å². The highest BCUT2D eigenvalue weighted by molar-refractivity contribution is 7.91. The van der Waals surface area contributed by atoms with Crippen molar-refractivity contribution in [1.82, 2.24) is 5.32 Å². The number of carbonyl (C=O) groups excluding carboxylic acids is 1. The quantitative estimate of drug-likeness (QED) is 0.803. The number of anilines is 2. The Balaban J connectivity index is 1.64. The van der Waals surface area contributed by atoms with Crippen molar-refractivity contribution >= 4 is 27.2 Å². The summed E-state index contributed by atoms with van der Waals surface area (Å²) >= 11 is 0. The van der Waals surface area contributed by atoms with Crippen LogP contribution in [0.1, 0.15) is 0 Å². The molecule has 0 unspecified atom stereocenters. The van der Waals surface area contributed by atoms with Crippen LogP contribution in [-0.2, 0) is 9.84 Å². The lowest BCUT2D eigenvalue weighted by atomic mass is 9.98. The van der Waals surface area contributed by atoms with Crippen LogP contribution >= 0.6 is 0 Å². The fourth-order valence-electron chi connectivity index (χ4n) is 3.63. The summed E-state index contributed by atoms with van der Waals surface area (Å²) in [6.45, 7) is 0.419. The zero-order valence-electron chi connectivity index (χ0n) is 13.6. The molecule has 2 heterocycles. The van der Waals surface area contributed by atoms with E-state index < -0.39 is 9.84 Å². The van der Waals surface area contributed by atoms with Gasteiger partial charge in [-0.25, -0.2) is 13.2 Å². The molecule has 2 amide bonds. The molecule has 2 saturated heterocycles. The van der Waals surface area contributed by atoms with Crippen molar-refractivity contribution < 1.29 is 13.2 Å². The average Bonchev–Trinajstić information content (AvgIpc) is 2.90. The third-order valence-corrected chi connectivity index (χ3v) is 6.68. The topological polar surface area (TPSA) is 92.5 Å². The average molecular weight is 357 g/mol. The van der Waals surface area contributed by atoms with Gasteiger partial charge in [0.2, 0.25) is 0 Å². The SMILES string of the molecule is Nc1ccc(-c2ccc(N3C(=O)NC[C@H]4CS(=O)(=O)C[C@@H]43)cc2)cc1. The highest BCUT2D eigenvalue weighted by Gasteiger charge is 2.46. The molecule has 3 N–H and O–H groups in total. The number of nitrogen functional groups attached to an aromatic ring is 1. The molecule has 2 fully saturated rings. The molecule has 0 aromatic heterocycles. The number of nitrogens with one attached hydrogen (secondary N) is 1. The number of sulfone groups is 1. The third-order valence-electron chi connectivity index (χ3n) is 4.89. The van der Waals surface area contributed by atoms with Gasteiger partial charge in [0, 0.05) is 23.8 Å². The van der Waals surface area contributed by atoms with Crippen LogP contribution in [0, 0.1) is 5.92 Å². The lowest BCUT2D eigenvalue weighted by molar-refractivity contribution is 0.233. The first-order chi connectivity index (χ1) is 11.9. The molecule has 2 aliphatic heterocycles. The molecule has 2 aromatic rings. The Morgan fingerprint density at radius 1 is 0.960 bits per heavy atom. The molecule has 6 nitrogen and oxygen atoms in total. The number of rotatable bonds is 2. The Bertz CT molecular complexity index is 908. The van der Waals surface area contributed by atoms with Crippen molar-refractivity contribution in [3.8, 4) is 11.1 Å². The van der Waals surface area contributed by atoms with E-state index in [9.17, 15) is 13.2 Å². The monoisotopic (exact) mass is 357 g/mol. The van der Waals surface area contributed by atoms with Gasteiger partial charge in [0.25, 0.3) is 0 Å². The van der Waals surface area contributed by atoms with Crippen LogP contribution in [0.25, 0.3) is 11.1 Å². The minimum Gasteiger partial charge on any atom is -0.399 e. The molecule has 0 aliphatic carbocycles. The maximum Gasteiger partial charge on any atom is 0.322 e. The second kappa shape index (κ2) is 5.77. The molecule has 2 aliphatic rings. The summed E-state index contributed by atoms with van der Waals surface area (Å²) in [6, 6.07) is 14.6. The minimum absolute atomic E-state index is 0.0325. The number of hydrogen-bond acceptors (Lipinski definition) is 4. The van der Waals surface area contributed by atoms with E-state index in [1.807, 2.05) is 48.5 Å². The van der Waals surface area contributed by atoms with E-state index in [1.165, 1.54) is 0 Å². The summed E-state index contributed by atoms with van der Waals surface area (Å²) in [7, 11) is -3.09. The smallest absolute Gasteiger partial charge is 0.322 e. The fourth-order valence-corrected chi connectivity index (χ4v) is 5.70. The maximum absolute atomic E-state index is 12.3. The molecule has 2 atom stereocenters. The standard InChI is InChI=1S/C18H19N3O3S/c19-15-5-1-12(2-6-15)13-3-7-16(8-4-13)21-17-11-25(23,24)10-14(17)9-20-18(21)22/h1-8,14,17H,9-11,19H2,(H,20,22)/t14-,17-/m0/s1. The molecule has 0 radical (unpaired) electrons. The van der Waals surface area contributed by atoms with E-state index in [2.05, 4.69) is 5.32 Å². The lowest BCUT2D eigenvalue weighted by Crippen LogP contribution is -2.57. The van der Waals surface area contributed by atoms with E-state index in [-0.39, 0.29) is 29.5 Å². The summed E-state index contributed by atoms with van der Waals surface area (Å²) in [5.74, 6) is 0.113. The van der Waals surface area contributed by atoms with Gasteiger partial charge in [-0.15, -0.1) is 0 Å². The number of urea groups is 1. The largest absolute Gasteiger partial charge is 0.399 e. The number of benzene rings is 2. The normalized spacial score (nSPS) is 24.6. The predicted octanol–water partition coefficient (Wildman–Crippen LogP) is 1.88. The Hall–Kier alpha value is -2.54. The molecule has 4 rings (SSSR count). The summed E-state index contributed by atoms with van der Waals surface area (Å²) in [6.07, 6.45) is 0. The van der Waals surface area contributed by atoms with Gasteiger partial charge in [-0.1, -0.05) is 24.3 Å². The molecule has 7 heteroatoms. The van der Waals surface area contributed by atoms with Gasteiger partial charge in [-0.3, -0.25) is 4.90 Å². The number of carbonyl (C=O) groups is 1. The molecular formula is C18H19N3O3S. The van der Waals surface area contributed by atoms with E-state index in [0.29, 0.717) is 17.9 Å². The lowest BCUT2D eigenvalue weighted by Gasteiger charge is -2.37. The van der Waals surface area contributed by atoms with Crippen molar-refractivity contribution in [2.75, 3.05) is 28.7 Å². The first-order valence-corrected chi connectivity index (χ1v) is 9.98. The fraction of sp³-hybridized carbons (Fsp3) is 0.278. The Morgan fingerprint density at radius 2 is 1.56 bits per heavy atom. The zero-order valence-corrected chi connectivity index (χ0v) is 14.4. The molecule has 0 spiro atoms. The Morgan fingerprint density at radius 3 is 2.20 bits per heavy atom. The molecule has 0 saturated carbocycles. The minimum atomic E-state index is -3.09.